The first-order chi connectivity index (χ1) is 13.5. The van der Waals surface area contributed by atoms with E-state index in [-0.39, 0.29) is 5.91 Å². The van der Waals surface area contributed by atoms with E-state index >= 15 is 0 Å². The second kappa shape index (κ2) is 9.30. The van der Waals surface area contributed by atoms with Crippen LogP contribution in [0.2, 0.25) is 0 Å². The number of carbonyl (C=O) groups excluding carboxylic acids is 1. The Morgan fingerprint density at radius 3 is 2.50 bits per heavy atom. The number of nitrogens with zero attached hydrogens (tertiary/aromatic N) is 2. The number of likely N-dealkylation sites (N-methyl/N-ethyl adjacent to an activating group) is 1. The molecule has 0 spiro atoms. The zero-order valence-corrected chi connectivity index (χ0v) is 18.1. The fourth-order valence-electron chi connectivity index (χ4n) is 3.54. The number of carbonyl (C=O) groups is 1. The number of thiazole rings is 1. The van der Waals surface area contributed by atoms with E-state index in [0.29, 0.717) is 13.0 Å². The summed E-state index contributed by atoms with van der Waals surface area (Å²) in [5, 5.41) is 0.816. The maximum absolute atomic E-state index is 13.2. The Balaban J connectivity index is 1.91. The number of aryl methyl sites for hydroxylation is 2. The van der Waals surface area contributed by atoms with Crippen LogP contribution in [-0.2, 0) is 11.2 Å². The van der Waals surface area contributed by atoms with Gasteiger partial charge in [-0.05, 0) is 50.5 Å². The van der Waals surface area contributed by atoms with Crippen molar-refractivity contribution in [3.8, 4) is 0 Å². The maximum Gasteiger partial charge on any atom is 0.233 e. The molecule has 2 aromatic carbocycles. The van der Waals surface area contributed by atoms with Gasteiger partial charge in [-0.15, -0.1) is 0 Å². The average Bonchev–Trinajstić information content (AvgIpc) is 3.10. The maximum atomic E-state index is 13.2. The molecular weight excluding hydrogens is 366 g/mol. The van der Waals surface area contributed by atoms with Crippen LogP contribution < -0.4 is 9.80 Å². The molecular formula is C23H30N3OS+. The highest BCUT2D eigenvalue weighted by Crippen LogP contribution is 2.31. The lowest BCUT2D eigenvalue weighted by Gasteiger charge is -2.23. The first-order valence-electron chi connectivity index (χ1n) is 10.1. The summed E-state index contributed by atoms with van der Waals surface area (Å²) >= 11 is 1.62. The molecule has 0 aliphatic carbocycles. The van der Waals surface area contributed by atoms with Gasteiger partial charge in [0.15, 0.2) is 5.13 Å². The summed E-state index contributed by atoms with van der Waals surface area (Å²) in [6.45, 7) is 12.3. The number of benzene rings is 2. The number of quaternary nitrogens is 1. The number of anilines is 1. The van der Waals surface area contributed by atoms with Gasteiger partial charge in [0.2, 0.25) is 5.91 Å². The molecule has 5 heteroatoms. The van der Waals surface area contributed by atoms with Crippen molar-refractivity contribution in [3.05, 3.63) is 59.2 Å². The molecule has 0 fully saturated rings. The Morgan fingerprint density at radius 1 is 1.11 bits per heavy atom. The van der Waals surface area contributed by atoms with E-state index < -0.39 is 0 Å². The molecule has 3 aromatic rings. The second-order valence-corrected chi connectivity index (χ2v) is 8.35. The molecule has 1 heterocycles. The lowest BCUT2D eigenvalue weighted by atomic mass is 10.1. The fourth-order valence-corrected chi connectivity index (χ4v) is 4.73. The quantitative estimate of drug-likeness (QED) is 0.634. The molecule has 0 aliphatic rings. The van der Waals surface area contributed by atoms with E-state index in [9.17, 15) is 4.79 Å². The van der Waals surface area contributed by atoms with Crippen LogP contribution in [0.25, 0.3) is 10.2 Å². The molecule has 148 valence electrons. The number of hydrogen-bond donors (Lipinski definition) is 1. The van der Waals surface area contributed by atoms with Crippen molar-refractivity contribution >= 4 is 32.6 Å². The van der Waals surface area contributed by atoms with Crippen molar-refractivity contribution < 1.29 is 9.69 Å². The molecule has 0 bridgehead atoms. The van der Waals surface area contributed by atoms with Crippen LogP contribution in [0.4, 0.5) is 5.13 Å². The van der Waals surface area contributed by atoms with Crippen LogP contribution in [0.1, 0.15) is 30.5 Å². The molecule has 0 saturated carbocycles. The number of hydrogen-bond acceptors (Lipinski definition) is 3. The lowest BCUT2D eigenvalue weighted by molar-refractivity contribution is -0.894. The smallest absolute Gasteiger partial charge is 0.233 e. The number of fused-ring (bicyclic) bond motifs is 1. The summed E-state index contributed by atoms with van der Waals surface area (Å²) in [6.07, 6.45) is 0.405. The average molecular weight is 397 g/mol. The van der Waals surface area contributed by atoms with Crippen LogP contribution in [0.3, 0.4) is 0 Å². The van der Waals surface area contributed by atoms with Crippen molar-refractivity contribution in [2.45, 2.75) is 34.1 Å². The van der Waals surface area contributed by atoms with Crippen LogP contribution in [-0.4, -0.2) is 37.1 Å². The first-order valence-corrected chi connectivity index (χ1v) is 10.9. The highest BCUT2D eigenvalue weighted by molar-refractivity contribution is 7.22. The first kappa shape index (κ1) is 20.5. The molecule has 0 atom stereocenters. The predicted octanol–water partition coefficient (Wildman–Crippen LogP) is 3.41. The highest BCUT2D eigenvalue weighted by atomic mass is 32.1. The minimum absolute atomic E-state index is 0.117. The minimum atomic E-state index is 0.117. The summed E-state index contributed by atoms with van der Waals surface area (Å²) in [5.74, 6) is 0.117. The van der Waals surface area contributed by atoms with Gasteiger partial charge in [0.25, 0.3) is 0 Å². The molecule has 28 heavy (non-hydrogen) atoms. The Hall–Kier alpha value is -2.24. The lowest BCUT2D eigenvalue weighted by Crippen LogP contribution is -3.12. The van der Waals surface area contributed by atoms with Gasteiger partial charge in [0, 0.05) is 0 Å². The summed E-state index contributed by atoms with van der Waals surface area (Å²) in [4.78, 5) is 21.5. The third kappa shape index (κ3) is 4.78. The van der Waals surface area contributed by atoms with Gasteiger partial charge in [-0.1, -0.05) is 47.7 Å². The Morgan fingerprint density at radius 2 is 1.82 bits per heavy atom. The highest BCUT2D eigenvalue weighted by Gasteiger charge is 2.22. The van der Waals surface area contributed by atoms with Gasteiger partial charge in [-0.25, -0.2) is 4.98 Å². The third-order valence-corrected chi connectivity index (χ3v) is 6.26. The van der Waals surface area contributed by atoms with E-state index in [0.717, 1.165) is 40.5 Å². The molecule has 1 aromatic heterocycles. The Bertz CT molecular complexity index is 932. The van der Waals surface area contributed by atoms with Crippen molar-refractivity contribution in [2.75, 3.05) is 31.1 Å². The number of amides is 1. The normalized spacial score (nSPS) is 11.3. The van der Waals surface area contributed by atoms with E-state index in [1.165, 1.54) is 16.0 Å². The number of rotatable bonds is 8. The molecule has 0 unspecified atom stereocenters. The largest absolute Gasteiger partial charge is 0.334 e. The fraction of sp³-hybridized carbons (Fsp3) is 0.391. The molecule has 1 amide bonds. The molecule has 3 rings (SSSR count). The van der Waals surface area contributed by atoms with Gasteiger partial charge >= 0.3 is 0 Å². The van der Waals surface area contributed by atoms with Crippen LogP contribution >= 0.6 is 11.3 Å². The van der Waals surface area contributed by atoms with Gasteiger partial charge < -0.3 is 4.90 Å². The zero-order valence-electron chi connectivity index (χ0n) is 17.3. The molecule has 0 radical (unpaired) electrons. The Kier molecular flexibility index (Phi) is 6.81. The van der Waals surface area contributed by atoms with Crippen LogP contribution in [0, 0.1) is 13.8 Å². The van der Waals surface area contributed by atoms with E-state index in [1.807, 2.05) is 35.2 Å². The van der Waals surface area contributed by atoms with Gasteiger partial charge in [-0.2, -0.15) is 0 Å². The monoisotopic (exact) mass is 396 g/mol. The molecule has 4 nitrogen and oxygen atoms in total. The van der Waals surface area contributed by atoms with Gasteiger partial charge in [0.1, 0.15) is 0 Å². The predicted molar refractivity (Wildman–Crippen MR) is 119 cm³/mol. The third-order valence-electron chi connectivity index (χ3n) is 5.24. The number of aromatic nitrogens is 1. The van der Waals surface area contributed by atoms with Crippen molar-refractivity contribution in [1.29, 1.82) is 0 Å². The van der Waals surface area contributed by atoms with Crippen molar-refractivity contribution in [2.24, 2.45) is 0 Å². The van der Waals surface area contributed by atoms with E-state index in [4.69, 9.17) is 4.98 Å². The van der Waals surface area contributed by atoms with Crippen LogP contribution in [0.5, 0.6) is 0 Å². The summed E-state index contributed by atoms with van der Waals surface area (Å²) in [7, 11) is 0. The Labute approximate surface area is 171 Å². The molecule has 1 N–H and O–H groups in total. The van der Waals surface area contributed by atoms with Crippen molar-refractivity contribution in [3.63, 3.8) is 0 Å². The minimum Gasteiger partial charge on any atom is -0.334 e. The number of nitrogens with one attached hydrogen (secondary N) is 1. The zero-order chi connectivity index (χ0) is 20.1. The van der Waals surface area contributed by atoms with E-state index in [1.54, 1.807) is 11.3 Å². The molecule has 0 saturated heterocycles. The van der Waals surface area contributed by atoms with Gasteiger partial charge in [-0.3, -0.25) is 9.69 Å². The summed E-state index contributed by atoms with van der Waals surface area (Å²) in [5.41, 5.74) is 4.45. The summed E-state index contributed by atoms with van der Waals surface area (Å²) < 4.78 is 1.15. The topological polar surface area (TPSA) is 37.6 Å². The second-order valence-electron chi connectivity index (χ2n) is 7.34. The van der Waals surface area contributed by atoms with Crippen molar-refractivity contribution in [1.82, 2.24) is 4.98 Å². The summed E-state index contributed by atoms with van der Waals surface area (Å²) in [6, 6.07) is 14.3. The standard InChI is InChI=1S/C23H29N3OS/c1-5-25(6-2)12-13-26(21(27)16-19-10-8-7-9-11-19)23-24-22-18(4)14-17(3)15-20(22)28-23/h7-11,14-15H,5-6,12-13,16H2,1-4H3/p+1. The molecule has 0 aliphatic heterocycles. The van der Waals surface area contributed by atoms with E-state index in [2.05, 4.69) is 39.8 Å². The van der Waals surface area contributed by atoms with Gasteiger partial charge in [0.05, 0.1) is 42.8 Å². The van der Waals surface area contributed by atoms with Crippen LogP contribution in [0.15, 0.2) is 42.5 Å². The SMILES string of the molecule is CC[NH+](CC)CCN(C(=O)Cc1ccccc1)c1nc2c(C)cc(C)cc2s1.